The van der Waals surface area contributed by atoms with Crippen LogP contribution in [-0.2, 0) is 29.1 Å². The van der Waals surface area contributed by atoms with Crippen LogP contribution in [-0.4, -0.2) is 80.0 Å². The molecule has 6 rings (SSSR count). The number of benzene rings is 1. The zero-order valence-corrected chi connectivity index (χ0v) is 21.7. The molecule has 2 aliphatic rings. The second kappa shape index (κ2) is 10.4. The van der Waals surface area contributed by atoms with Gasteiger partial charge in [-0.1, -0.05) is 11.3 Å². The molecule has 0 spiro atoms. The van der Waals surface area contributed by atoms with E-state index < -0.39 is 12.1 Å². The maximum atomic E-state index is 13.4. The Hall–Kier alpha value is -4.45. The Labute approximate surface area is 224 Å². The third-order valence-electron chi connectivity index (χ3n) is 7.11. The molecule has 0 aliphatic carbocycles. The predicted molar refractivity (Wildman–Crippen MR) is 139 cm³/mol. The van der Waals surface area contributed by atoms with E-state index in [-0.39, 0.29) is 24.8 Å². The number of aryl methyl sites for hydroxylation is 1. The van der Waals surface area contributed by atoms with Crippen molar-refractivity contribution in [1.29, 1.82) is 0 Å². The van der Waals surface area contributed by atoms with Crippen molar-refractivity contribution >= 4 is 17.5 Å². The molecule has 1 fully saturated rings. The van der Waals surface area contributed by atoms with Crippen LogP contribution >= 0.6 is 0 Å². The lowest BCUT2D eigenvalue weighted by molar-refractivity contribution is -0.130. The molecule has 1 aromatic carbocycles. The van der Waals surface area contributed by atoms with E-state index in [1.807, 2.05) is 29.7 Å². The second-order valence-corrected chi connectivity index (χ2v) is 9.73. The van der Waals surface area contributed by atoms with Gasteiger partial charge in [0.05, 0.1) is 50.7 Å². The highest BCUT2D eigenvalue weighted by molar-refractivity contribution is 5.95. The Morgan fingerprint density at radius 2 is 2.15 bits per heavy atom. The first kappa shape index (κ1) is 24.9. The highest BCUT2D eigenvalue weighted by atomic mass is 16.5. The maximum Gasteiger partial charge on any atom is 0.251 e. The summed E-state index contributed by atoms with van der Waals surface area (Å²) in [7, 11) is 1.55. The summed E-state index contributed by atoms with van der Waals surface area (Å²) in [5, 5.41) is 11.4. The quantitative estimate of drug-likeness (QED) is 0.421. The summed E-state index contributed by atoms with van der Waals surface area (Å²) < 4.78 is 21.1. The molecule has 3 aromatic heterocycles. The van der Waals surface area contributed by atoms with Crippen LogP contribution in [0.1, 0.15) is 27.3 Å². The van der Waals surface area contributed by atoms with Crippen LogP contribution in [0.3, 0.4) is 0 Å². The number of imidazole rings is 1. The molecule has 1 saturated heterocycles. The zero-order valence-electron chi connectivity index (χ0n) is 21.7. The van der Waals surface area contributed by atoms with Gasteiger partial charge in [-0.05, 0) is 36.8 Å². The Morgan fingerprint density at radius 3 is 3.03 bits per heavy atom. The molecular weight excluding hydrogens is 502 g/mol. The van der Waals surface area contributed by atoms with Crippen LogP contribution in [0.4, 0.5) is 0 Å². The molecule has 0 radical (unpaired) electrons. The van der Waals surface area contributed by atoms with E-state index in [4.69, 9.17) is 14.2 Å². The fourth-order valence-corrected chi connectivity index (χ4v) is 5.02. The minimum atomic E-state index is -0.424. The fourth-order valence-electron chi connectivity index (χ4n) is 5.02. The van der Waals surface area contributed by atoms with Gasteiger partial charge in [0.1, 0.15) is 17.9 Å². The molecule has 1 N–H and O–H groups in total. The lowest BCUT2D eigenvalue weighted by Gasteiger charge is -2.20. The molecular formula is C27H29N7O5. The van der Waals surface area contributed by atoms with E-state index in [9.17, 15) is 9.59 Å². The molecule has 5 heterocycles. The largest absolute Gasteiger partial charge is 0.493 e. The van der Waals surface area contributed by atoms with Gasteiger partial charge in [0, 0.05) is 31.0 Å². The van der Waals surface area contributed by atoms with Gasteiger partial charge in [-0.2, -0.15) is 0 Å². The monoisotopic (exact) mass is 531 g/mol. The summed E-state index contributed by atoms with van der Waals surface area (Å²) in [6.07, 6.45) is 5.21. The average molecular weight is 532 g/mol. The highest BCUT2D eigenvalue weighted by Gasteiger charge is 2.37. The molecule has 2 amide bonds. The number of nitrogens with one attached hydrogen (secondary N) is 1. The standard InChI is InChI=1S/C27H29N7O5/c1-17-4-3-7-34-20(12-28-26(17)34)11-25(35)32-14-21-24(15-32)39-16-19-13-33(31-30-19)8-9-38-23-10-18(27(36)29-21)5-6-22(23)37-2/h3-7,10,12-13,21,24H,8-9,11,14-16H2,1-2H3,(H,29,36)/t21-,24-/m0/s1. The number of methoxy groups -OCH3 is 1. The summed E-state index contributed by atoms with van der Waals surface area (Å²) >= 11 is 0. The van der Waals surface area contributed by atoms with Crippen LogP contribution in [0.15, 0.2) is 48.9 Å². The molecule has 0 unspecified atom stereocenters. The first-order chi connectivity index (χ1) is 19.0. The number of hydrogen-bond acceptors (Lipinski definition) is 8. The lowest BCUT2D eigenvalue weighted by Crippen LogP contribution is -2.44. The molecule has 4 bridgehead atoms. The summed E-state index contributed by atoms with van der Waals surface area (Å²) in [5.41, 5.74) is 3.75. The summed E-state index contributed by atoms with van der Waals surface area (Å²) in [4.78, 5) is 32.9. The molecule has 0 saturated carbocycles. The Morgan fingerprint density at radius 1 is 1.26 bits per heavy atom. The SMILES string of the molecule is COc1ccc2cc1OCCn1cc(nn1)CO[C@H]1CN(C(=O)Cc3cnc4c(C)cccn34)C[C@@H]1NC2=O. The van der Waals surface area contributed by atoms with Crippen LogP contribution < -0.4 is 14.8 Å². The number of hydrogen-bond donors (Lipinski definition) is 1. The number of fused-ring (bicyclic) bond motifs is 6. The van der Waals surface area contributed by atoms with Crippen LogP contribution in [0.2, 0.25) is 0 Å². The number of aromatic nitrogens is 5. The van der Waals surface area contributed by atoms with E-state index in [1.165, 1.54) is 0 Å². The van der Waals surface area contributed by atoms with Gasteiger partial charge in [0.2, 0.25) is 5.91 Å². The number of amides is 2. The number of ether oxygens (including phenoxy) is 3. The van der Waals surface area contributed by atoms with Gasteiger partial charge in [0.25, 0.3) is 5.91 Å². The Balaban J connectivity index is 1.24. The van der Waals surface area contributed by atoms with E-state index in [1.54, 1.807) is 47.3 Å². The van der Waals surface area contributed by atoms with Gasteiger partial charge < -0.3 is 28.8 Å². The minimum Gasteiger partial charge on any atom is -0.493 e. The average Bonchev–Trinajstić information content (AvgIpc) is 3.66. The van der Waals surface area contributed by atoms with Crippen molar-refractivity contribution in [3.63, 3.8) is 0 Å². The maximum absolute atomic E-state index is 13.4. The lowest BCUT2D eigenvalue weighted by atomic mass is 10.1. The van der Waals surface area contributed by atoms with Crippen molar-refractivity contribution in [3.05, 3.63) is 71.4 Å². The predicted octanol–water partition coefficient (Wildman–Crippen LogP) is 1.40. The molecule has 202 valence electrons. The van der Waals surface area contributed by atoms with Crippen molar-refractivity contribution in [2.75, 3.05) is 26.8 Å². The minimum absolute atomic E-state index is 0.0656. The van der Waals surface area contributed by atoms with Crippen molar-refractivity contribution < 1.29 is 23.8 Å². The molecule has 12 heteroatoms. The topological polar surface area (TPSA) is 125 Å². The van der Waals surface area contributed by atoms with Gasteiger partial charge in [-0.3, -0.25) is 9.59 Å². The molecule has 12 nitrogen and oxygen atoms in total. The normalized spacial score (nSPS) is 19.5. The van der Waals surface area contributed by atoms with Crippen LogP contribution in [0.25, 0.3) is 5.65 Å². The Bertz CT molecular complexity index is 1530. The number of carbonyl (C=O) groups is 2. The number of pyridine rings is 1. The fraction of sp³-hybridized carbons (Fsp3) is 0.370. The van der Waals surface area contributed by atoms with E-state index in [2.05, 4.69) is 20.6 Å². The highest BCUT2D eigenvalue weighted by Crippen LogP contribution is 2.28. The zero-order chi connectivity index (χ0) is 26.9. The van der Waals surface area contributed by atoms with Crippen molar-refractivity contribution in [1.82, 2.24) is 34.6 Å². The first-order valence-electron chi connectivity index (χ1n) is 12.8. The van der Waals surface area contributed by atoms with E-state index >= 15 is 0 Å². The number of rotatable bonds is 3. The third-order valence-corrected chi connectivity index (χ3v) is 7.11. The number of nitrogens with zero attached hydrogens (tertiary/aromatic N) is 6. The number of likely N-dealkylation sites (tertiary alicyclic amines) is 1. The smallest absolute Gasteiger partial charge is 0.251 e. The summed E-state index contributed by atoms with van der Waals surface area (Å²) in [6, 6.07) is 8.55. The second-order valence-electron chi connectivity index (χ2n) is 9.73. The third kappa shape index (κ3) is 5.02. The van der Waals surface area contributed by atoms with Gasteiger partial charge >= 0.3 is 0 Å². The van der Waals surface area contributed by atoms with Gasteiger partial charge in [0.15, 0.2) is 11.5 Å². The summed E-state index contributed by atoms with van der Waals surface area (Å²) in [6.45, 7) is 3.63. The number of carbonyl (C=O) groups excluding carboxylic acids is 2. The van der Waals surface area contributed by atoms with Crippen molar-refractivity contribution in [2.24, 2.45) is 0 Å². The van der Waals surface area contributed by atoms with Gasteiger partial charge in [-0.25, -0.2) is 9.67 Å². The van der Waals surface area contributed by atoms with Crippen LogP contribution in [0, 0.1) is 6.92 Å². The van der Waals surface area contributed by atoms with Crippen molar-refractivity contribution in [2.45, 2.75) is 38.6 Å². The van der Waals surface area contributed by atoms with E-state index in [0.29, 0.717) is 49.0 Å². The van der Waals surface area contributed by atoms with Gasteiger partial charge in [-0.15, -0.1) is 5.10 Å². The van der Waals surface area contributed by atoms with E-state index in [0.717, 1.165) is 16.9 Å². The molecule has 39 heavy (non-hydrogen) atoms. The Kier molecular flexibility index (Phi) is 6.61. The van der Waals surface area contributed by atoms with Crippen LogP contribution in [0.5, 0.6) is 11.5 Å². The molecule has 2 aliphatic heterocycles. The first-order valence-corrected chi connectivity index (χ1v) is 12.8. The van der Waals surface area contributed by atoms with Crippen molar-refractivity contribution in [3.8, 4) is 11.5 Å². The molecule has 2 atom stereocenters. The molecule has 4 aromatic rings. The summed E-state index contributed by atoms with van der Waals surface area (Å²) in [5.74, 6) is 0.632.